The Kier molecular flexibility index (Phi) is 6.20. The van der Waals surface area contributed by atoms with Gasteiger partial charge in [0.05, 0.1) is 0 Å². The quantitative estimate of drug-likeness (QED) is 0.639. The summed E-state index contributed by atoms with van der Waals surface area (Å²) in [5, 5.41) is 3.78. The molecule has 2 nitrogen and oxygen atoms in total. The third kappa shape index (κ3) is 4.63. The summed E-state index contributed by atoms with van der Waals surface area (Å²) in [6.07, 6.45) is 15.9. The fraction of sp³-hybridized carbons (Fsp3) is 0.750. The van der Waals surface area contributed by atoms with Crippen molar-refractivity contribution in [2.75, 3.05) is 0 Å². The third-order valence-electron chi connectivity index (χ3n) is 7.29. The van der Waals surface area contributed by atoms with Crippen molar-refractivity contribution in [3.05, 3.63) is 29.8 Å². The van der Waals surface area contributed by atoms with Crippen molar-refractivity contribution < 1.29 is 4.74 Å². The molecule has 0 saturated heterocycles. The molecule has 0 aliphatic heterocycles. The Balaban J connectivity index is 1.31. The molecule has 5 rings (SSSR count). The maximum atomic E-state index is 6.56. The van der Waals surface area contributed by atoms with E-state index in [-0.39, 0.29) is 0 Å². The van der Waals surface area contributed by atoms with Crippen LogP contribution in [-0.2, 0) is 6.54 Å². The smallest absolute Gasteiger partial charge is 0.124 e. The zero-order valence-corrected chi connectivity index (χ0v) is 16.6. The van der Waals surface area contributed by atoms with Crippen LogP contribution >= 0.6 is 0 Å². The molecule has 2 unspecified atom stereocenters. The summed E-state index contributed by atoms with van der Waals surface area (Å²) >= 11 is 0. The molecular formula is C24H37NO. The van der Waals surface area contributed by atoms with Crippen molar-refractivity contribution in [1.82, 2.24) is 5.32 Å². The maximum absolute atomic E-state index is 6.56. The fourth-order valence-electron chi connectivity index (χ4n) is 5.68. The fourth-order valence-corrected chi connectivity index (χ4v) is 5.68. The molecule has 1 aromatic rings. The maximum Gasteiger partial charge on any atom is 0.124 e. The second-order valence-electron chi connectivity index (χ2n) is 9.30. The van der Waals surface area contributed by atoms with E-state index in [9.17, 15) is 0 Å². The predicted octanol–water partition coefficient (Wildman–Crippen LogP) is 6.09. The Morgan fingerprint density at radius 1 is 1.00 bits per heavy atom. The molecule has 4 saturated carbocycles. The highest BCUT2D eigenvalue weighted by Crippen LogP contribution is 2.43. The van der Waals surface area contributed by atoms with E-state index in [0.29, 0.717) is 12.1 Å². The lowest BCUT2D eigenvalue weighted by atomic mass is 9.69. The summed E-state index contributed by atoms with van der Waals surface area (Å²) in [5.41, 5.74) is 1.34. The largest absolute Gasteiger partial charge is 0.490 e. The molecule has 26 heavy (non-hydrogen) atoms. The van der Waals surface area contributed by atoms with Gasteiger partial charge in [-0.25, -0.2) is 0 Å². The van der Waals surface area contributed by atoms with Crippen LogP contribution in [0.5, 0.6) is 5.75 Å². The van der Waals surface area contributed by atoms with Crippen LogP contribution < -0.4 is 10.1 Å². The van der Waals surface area contributed by atoms with Gasteiger partial charge in [-0.2, -0.15) is 0 Å². The number of hydrogen-bond donors (Lipinski definition) is 1. The van der Waals surface area contributed by atoms with E-state index in [4.69, 9.17) is 4.74 Å². The Morgan fingerprint density at radius 2 is 1.77 bits per heavy atom. The van der Waals surface area contributed by atoms with Crippen LogP contribution in [0, 0.1) is 17.8 Å². The van der Waals surface area contributed by atoms with Crippen LogP contribution in [-0.4, -0.2) is 12.1 Å². The van der Waals surface area contributed by atoms with Crippen LogP contribution in [0.25, 0.3) is 0 Å². The van der Waals surface area contributed by atoms with E-state index in [2.05, 4.69) is 36.5 Å². The second kappa shape index (κ2) is 8.78. The summed E-state index contributed by atoms with van der Waals surface area (Å²) in [4.78, 5) is 0. The number of ether oxygens (including phenoxy) is 1. The van der Waals surface area contributed by atoms with Crippen LogP contribution in [0.2, 0.25) is 0 Å². The van der Waals surface area contributed by atoms with Gasteiger partial charge in [-0.15, -0.1) is 0 Å². The van der Waals surface area contributed by atoms with Crippen LogP contribution in [0.15, 0.2) is 24.3 Å². The van der Waals surface area contributed by atoms with Gasteiger partial charge in [0.2, 0.25) is 0 Å². The minimum Gasteiger partial charge on any atom is -0.490 e. The predicted molar refractivity (Wildman–Crippen MR) is 108 cm³/mol. The van der Waals surface area contributed by atoms with Crippen LogP contribution in [0.3, 0.4) is 0 Å². The highest BCUT2D eigenvalue weighted by molar-refractivity contribution is 5.33. The zero-order valence-electron chi connectivity index (χ0n) is 16.6. The molecule has 2 heteroatoms. The van der Waals surface area contributed by atoms with Crippen LogP contribution in [0.1, 0.15) is 83.1 Å². The molecule has 0 aromatic heterocycles. The molecule has 4 fully saturated rings. The summed E-state index contributed by atoms with van der Waals surface area (Å²) in [7, 11) is 0. The summed E-state index contributed by atoms with van der Waals surface area (Å²) in [5.74, 6) is 3.79. The molecule has 2 atom stereocenters. The van der Waals surface area contributed by atoms with E-state index < -0.39 is 0 Å². The minimum atomic E-state index is 0.461. The lowest BCUT2D eigenvalue weighted by Crippen LogP contribution is -2.39. The number of benzene rings is 1. The number of nitrogens with one attached hydrogen (secondary N) is 1. The van der Waals surface area contributed by atoms with E-state index in [1.54, 1.807) is 0 Å². The first-order valence-electron chi connectivity index (χ1n) is 11.3. The Hall–Kier alpha value is -1.02. The van der Waals surface area contributed by atoms with Crippen molar-refractivity contribution >= 4 is 0 Å². The van der Waals surface area contributed by atoms with Crippen molar-refractivity contribution in [1.29, 1.82) is 0 Å². The standard InChI is InChI=1S/C24H37NO/c1-18(15-19-7-3-2-4-8-19)25-17-22-9-5-6-10-23(22)26-24-16-20-11-13-21(24)14-12-20/h5-6,9-10,18-21,24-25H,2-4,7-8,11-17H2,1H3. The highest BCUT2D eigenvalue weighted by atomic mass is 16.5. The van der Waals surface area contributed by atoms with Gasteiger partial charge >= 0.3 is 0 Å². The summed E-state index contributed by atoms with van der Waals surface area (Å²) in [6.45, 7) is 3.29. The third-order valence-corrected chi connectivity index (χ3v) is 7.29. The molecule has 0 heterocycles. The van der Waals surface area contributed by atoms with Crippen molar-refractivity contribution in [3.8, 4) is 5.75 Å². The Morgan fingerprint density at radius 3 is 2.50 bits per heavy atom. The second-order valence-corrected chi connectivity index (χ2v) is 9.30. The molecule has 2 bridgehead atoms. The van der Waals surface area contributed by atoms with Gasteiger partial charge in [0, 0.05) is 18.2 Å². The van der Waals surface area contributed by atoms with Gasteiger partial charge in [-0.05, 0) is 69.3 Å². The van der Waals surface area contributed by atoms with Gasteiger partial charge in [0.15, 0.2) is 0 Å². The SMILES string of the molecule is CC(CC1CCCCC1)NCc1ccccc1OC1CC2CCC1CC2. The topological polar surface area (TPSA) is 21.3 Å². The molecule has 0 spiro atoms. The highest BCUT2D eigenvalue weighted by Gasteiger charge is 2.37. The van der Waals surface area contributed by atoms with Gasteiger partial charge in [0.25, 0.3) is 0 Å². The lowest BCUT2D eigenvalue weighted by molar-refractivity contribution is 0.0194. The molecule has 4 aliphatic rings. The number of fused-ring (bicyclic) bond motifs is 3. The molecule has 144 valence electrons. The molecule has 1 aromatic carbocycles. The average molecular weight is 356 g/mol. The number of hydrogen-bond acceptors (Lipinski definition) is 2. The van der Waals surface area contributed by atoms with E-state index in [0.717, 1.165) is 30.0 Å². The van der Waals surface area contributed by atoms with Gasteiger partial charge in [-0.1, -0.05) is 50.3 Å². The van der Waals surface area contributed by atoms with E-state index in [1.807, 2.05) is 0 Å². The number of rotatable bonds is 7. The van der Waals surface area contributed by atoms with Gasteiger partial charge in [0.1, 0.15) is 11.9 Å². The van der Waals surface area contributed by atoms with E-state index in [1.165, 1.54) is 76.2 Å². The molecule has 4 aliphatic carbocycles. The van der Waals surface area contributed by atoms with Gasteiger partial charge in [-0.3, -0.25) is 0 Å². The average Bonchev–Trinajstić information content (AvgIpc) is 2.69. The first kappa shape index (κ1) is 18.3. The Labute approximate surface area is 160 Å². The van der Waals surface area contributed by atoms with E-state index >= 15 is 0 Å². The zero-order chi connectivity index (χ0) is 17.8. The van der Waals surface area contributed by atoms with Crippen LogP contribution in [0.4, 0.5) is 0 Å². The first-order valence-corrected chi connectivity index (χ1v) is 11.3. The molecule has 0 amide bonds. The normalized spacial score (nSPS) is 30.3. The minimum absolute atomic E-state index is 0.461. The van der Waals surface area contributed by atoms with Gasteiger partial charge < -0.3 is 10.1 Å². The van der Waals surface area contributed by atoms with Crippen molar-refractivity contribution in [2.24, 2.45) is 17.8 Å². The molecule has 0 radical (unpaired) electrons. The lowest BCUT2D eigenvalue weighted by Gasteiger charge is -2.42. The molecular weight excluding hydrogens is 318 g/mol. The van der Waals surface area contributed by atoms with Crippen molar-refractivity contribution in [3.63, 3.8) is 0 Å². The summed E-state index contributed by atoms with van der Waals surface area (Å²) < 4.78 is 6.56. The summed E-state index contributed by atoms with van der Waals surface area (Å²) in [6, 6.07) is 9.31. The Bertz CT molecular complexity index is 557. The monoisotopic (exact) mass is 355 g/mol. The van der Waals surface area contributed by atoms with Crippen molar-refractivity contribution in [2.45, 2.75) is 96.2 Å². The molecule has 1 N–H and O–H groups in total. The first-order chi connectivity index (χ1) is 12.8. The number of para-hydroxylation sites is 1.